The molecule has 2 heterocycles. The Morgan fingerprint density at radius 2 is 2.29 bits per heavy atom. The molecule has 6 nitrogen and oxygen atoms in total. The lowest BCUT2D eigenvalue weighted by atomic mass is 10.2. The second kappa shape index (κ2) is 7.58. The number of hydrogen-bond donors (Lipinski definition) is 2. The van der Waals surface area contributed by atoms with Crippen LogP contribution in [0.2, 0.25) is 0 Å². The van der Waals surface area contributed by atoms with Crippen molar-refractivity contribution >= 4 is 23.2 Å². The molecule has 0 aliphatic heterocycles. The molecular formula is C14H17N3O3S. The van der Waals surface area contributed by atoms with E-state index in [1.807, 2.05) is 11.4 Å². The van der Waals surface area contributed by atoms with Crippen LogP contribution in [0.15, 0.2) is 30.0 Å². The summed E-state index contributed by atoms with van der Waals surface area (Å²) in [6, 6.07) is 4.08. The molecule has 0 fully saturated rings. The largest absolute Gasteiger partial charge is 0.476 e. The summed E-state index contributed by atoms with van der Waals surface area (Å²) in [5.41, 5.74) is 0.0114. The number of nitrogens with one attached hydrogen (secondary N) is 1. The van der Waals surface area contributed by atoms with Gasteiger partial charge in [-0.2, -0.15) is 0 Å². The summed E-state index contributed by atoms with van der Waals surface area (Å²) in [6.07, 6.45) is 5.16. The van der Waals surface area contributed by atoms with E-state index in [1.54, 1.807) is 15.9 Å². The van der Waals surface area contributed by atoms with Gasteiger partial charge in [-0.25, -0.2) is 9.78 Å². The minimum Gasteiger partial charge on any atom is -0.476 e. The van der Waals surface area contributed by atoms with Crippen LogP contribution < -0.4 is 5.32 Å². The topological polar surface area (TPSA) is 84.2 Å². The highest BCUT2D eigenvalue weighted by Crippen LogP contribution is 2.11. The molecule has 2 aromatic heterocycles. The molecule has 0 unspecified atom stereocenters. The van der Waals surface area contributed by atoms with Gasteiger partial charge in [0.15, 0.2) is 5.69 Å². The minimum atomic E-state index is -1.05. The van der Waals surface area contributed by atoms with Crippen molar-refractivity contribution < 1.29 is 14.7 Å². The molecule has 0 aliphatic rings. The number of rotatable bonds is 8. The highest BCUT2D eigenvalue weighted by molar-refractivity contribution is 7.09. The summed E-state index contributed by atoms with van der Waals surface area (Å²) in [7, 11) is 0. The summed E-state index contributed by atoms with van der Waals surface area (Å²) in [5.74, 6) is -1.03. The Bertz CT molecular complexity index is 592. The van der Waals surface area contributed by atoms with Crippen LogP contribution >= 0.6 is 11.3 Å². The highest BCUT2D eigenvalue weighted by atomic mass is 32.1. The molecule has 2 aromatic rings. The van der Waals surface area contributed by atoms with Crippen LogP contribution in [0.1, 0.15) is 28.2 Å². The van der Waals surface area contributed by atoms with E-state index in [1.165, 1.54) is 17.4 Å². The zero-order valence-electron chi connectivity index (χ0n) is 11.5. The first kappa shape index (κ1) is 15.2. The van der Waals surface area contributed by atoms with Crippen LogP contribution in [0.4, 0.5) is 0 Å². The molecule has 0 atom stereocenters. The smallest absolute Gasteiger partial charge is 0.356 e. The standard InChI is InChI=1S/C14H17N3O3S/c18-13(5-1-3-11-4-2-8-21-11)15-6-7-17-9-12(14(19)20)16-10-17/h2,4,8-10H,1,3,5-7H2,(H,15,18)(H,19,20). The van der Waals surface area contributed by atoms with Crippen molar-refractivity contribution in [1.82, 2.24) is 14.9 Å². The van der Waals surface area contributed by atoms with Gasteiger partial charge in [0.1, 0.15) is 0 Å². The van der Waals surface area contributed by atoms with Gasteiger partial charge < -0.3 is 15.0 Å². The Morgan fingerprint density at radius 3 is 2.95 bits per heavy atom. The Labute approximate surface area is 126 Å². The van der Waals surface area contributed by atoms with Gasteiger partial charge in [-0.3, -0.25) is 4.79 Å². The highest BCUT2D eigenvalue weighted by Gasteiger charge is 2.06. The lowest BCUT2D eigenvalue weighted by Gasteiger charge is -2.05. The molecule has 112 valence electrons. The summed E-state index contributed by atoms with van der Waals surface area (Å²) in [6.45, 7) is 0.976. The van der Waals surface area contributed by atoms with E-state index in [-0.39, 0.29) is 11.6 Å². The van der Waals surface area contributed by atoms with Crippen LogP contribution in [0, 0.1) is 0 Å². The number of imidazole rings is 1. The van der Waals surface area contributed by atoms with E-state index >= 15 is 0 Å². The fraction of sp³-hybridized carbons (Fsp3) is 0.357. The number of carboxylic acids is 1. The van der Waals surface area contributed by atoms with Gasteiger partial charge in [0.25, 0.3) is 0 Å². The van der Waals surface area contributed by atoms with Gasteiger partial charge >= 0.3 is 5.97 Å². The molecule has 0 saturated heterocycles. The maximum Gasteiger partial charge on any atom is 0.356 e. The molecule has 0 aromatic carbocycles. The number of thiophene rings is 1. The predicted octanol–water partition coefficient (Wildman–Crippen LogP) is 1.78. The molecule has 0 saturated carbocycles. The van der Waals surface area contributed by atoms with Gasteiger partial charge in [0.2, 0.25) is 5.91 Å². The van der Waals surface area contributed by atoms with Crippen molar-refractivity contribution in [2.24, 2.45) is 0 Å². The molecule has 0 radical (unpaired) electrons. The quantitative estimate of drug-likeness (QED) is 0.778. The van der Waals surface area contributed by atoms with Crippen molar-refractivity contribution in [2.75, 3.05) is 6.54 Å². The average Bonchev–Trinajstić information content (AvgIpc) is 3.09. The number of aryl methyl sites for hydroxylation is 1. The molecule has 21 heavy (non-hydrogen) atoms. The summed E-state index contributed by atoms with van der Waals surface area (Å²) in [5, 5.41) is 13.6. The molecular weight excluding hydrogens is 290 g/mol. The van der Waals surface area contributed by atoms with Crippen LogP contribution in [-0.4, -0.2) is 33.1 Å². The number of amides is 1. The van der Waals surface area contributed by atoms with E-state index in [0.717, 1.165) is 12.8 Å². The van der Waals surface area contributed by atoms with Crippen LogP contribution in [0.3, 0.4) is 0 Å². The maximum atomic E-state index is 11.6. The van der Waals surface area contributed by atoms with Gasteiger partial charge in [-0.15, -0.1) is 11.3 Å². The number of nitrogens with zero attached hydrogens (tertiary/aromatic N) is 2. The van der Waals surface area contributed by atoms with Crippen molar-refractivity contribution in [1.29, 1.82) is 0 Å². The SMILES string of the molecule is O=C(CCCc1cccs1)NCCn1cnc(C(=O)O)c1. The first-order chi connectivity index (χ1) is 10.1. The first-order valence-electron chi connectivity index (χ1n) is 6.69. The van der Waals surface area contributed by atoms with Gasteiger partial charge in [0.05, 0.1) is 6.33 Å². The van der Waals surface area contributed by atoms with E-state index in [9.17, 15) is 9.59 Å². The second-order valence-corrected chi connectivity index (χ2v) is 5.62. The van der Waals surface area contributed by atoms with E-state index in [2.05, 4.69) is 16.4 Å². The number of aromatic nitrogens is 2. The van der Waals surface area contributed by atoms with Crippen molar-refractivity contribution in [3.8, 4) is 0 Å². The summed E-state index contributed by atoms with van der Waals surface area (Å²) >= 11 is 1.70. The van der Waals surface area contributed by atoms with Gasteiger partial charge in [-0.1, -0.05) is 6.07 Å². The fourth-order valence-electron chi connectivity index (χ4n) is 1.88. The minimum absolute atomic E-state index is 0.0114. The van der Waals surface area contributed by atoms with E-state index in [0.29, 0.717) is 19.5 Å². The number of hydrogen-bond acceptors (Lipinski definition) is 4. The third-order valence-electron chi connectivity index (χ3n) is 2.95. The molecule has 0 bridgehead atoms. The monoisotopic (exact) mass is 307 g/mol. The Hall–Kier alpha value is -2.15. The second-order valence-electron chi connectivity index (χ2n) is 4.58. The molecule has 2 rings (SSSR count). The number of carboxylic acid groups (broad SMARTS) is 1. The average molecular weight is 307 g/mol. The molecule has 7 heteroatoms. The summed E-state index contributed by atoms with van der Waals surface area (Å²) in [4.78, 5) is 27.4. The Balaban J connectivity index is 1.61. The fourth-order valence-corrected chi connectivity index (χ4v) is 2.63. The zero-order valence-corrected chi connectivity index (χ0v) is 12.3. The molecule has 1 amide bonds. The third-order valence-corrected chi connectivity index (χ3v) is 3.89. The van der Waals surface area contributed by atoms with Crippen molar-refractivity contribution in [3.05, 3.63) is 40.6 Å². The maximum absolute atomic E-state index is 11.6. The van der Waals surface area contributed by atoms with E-state index < -0.39 is 5.97 Å². The Kier molecular flexibility index (Phi) is 5.51. The van der Waals surface area contributed by atoms with Gasteiger partial charge in [-0.05, 0) is 24.3 Å². The summed E-state index contributed by atoms with van der Waals surface area (Å²) < 4.78 is 1.65. The third kappa shape index (κ3) is 5.03. The lowest BCUT2D eigenvalue weighted by Crippen LogP contribution is -2.26. The molecule has 2 N–H and O–H groups in total. The van der Waals surface area contributed by atoms with Crippen LogP contribution in [0.25, 0.3) is 0 Å². The van der Waals surface area contributed by atoms with Crippen molar-refractivity contribution in [2.45, 2.75) is 25.8 Å². The number of aromatic carboxylic acids is 1. The number of carbonyl (C=O) groups excluding carboxylic acids is 1. The van der Waals surface area contributed by atoms with Crippen molar-refractivity contribution in [3.63, 3.8) is 0 Å². The van der Waals surface area contributed by atoms with Crippen LogP contribution in [-0.2, 0) is 17.8 Å². The first-order valence-corrected chi connectivity index (χ1v) is 7.57. The zero-order chi connectivity index (χ0) is 15.1. The van der Waals surface area contributed by atoms with Crippen LogP contribution in [0.5, 0.6) is 0 Å². The molecule has 0 spiro atoms. The Morgan fingerprint density at radius 1 is 1.43 bits per heavy atom. The molecule has 0 aliphatic carbocycles. The van der Waals surface area contributed by atoms with Gasteiger partial charge in [0, 0.05) is 30.6 Å². The van der Waals surface area contributed by atoms with E-state index in [4.69, 9.17) is 5.11 Å². The predicted molar refractivity (Wildman–Crippen MR) is 79.5 cm³/mol. The lowest BCUT2D eigenvalue weighted by molar-refractivity contribution is -0.121. The normalized spacial score (nSPS) is 10.5. The number of carbonyl (C=O) groups is 2.